The molecule has 0 aliphatic carbocycles. The lowest BCUT2D eigenvalue weighted by Crippen LogP contribution is -2.35. The zero-order chi connectivity index (χ0) is 23.8. The second kappa shape index (κ2) is 11.3. The Labute approximate surface area is 193 Å². The fourth-order valence-electron chi connectivity index (χ4n) is 2.25. The van der Waals surface area contributed by atoms with E-state index >= 15 is 0 Å². The average Bonchev–Trinajstić information content (AvgIpc) is 2.62. The summed E-state index contributed by atoms with van der Waals surface area (Å²) in [5, 5.41) is 1.12. The standard InChI is InChI=1S/C17H20ClN3O2S.C5H10O2/c1-11-14(15(24-5)20-10-19-11)21(16(22)23-17(2,3)4)13-9-7-6-8-12(13)18;1-5(2,3)7-4-6/h6-10H,1-5H3;4H,1-3H3. The summed E-state index contributed by atoms with van der Waals surface area (Å²) >= 11 is 7.77. The van der Waals surface area contributed by atoms with Crippen LogP contribution in [0.25, 0.3) is 0 Å². The summed E-state index contributed by atoms with van der Waals surface area (Å²) < 4.78 is 10.1. The first-order chi connectivity index (χ1) is 14.3. The number of carbonyl (C=O) groups excluding carboxylic acids is 2. The summed E-state index contributed by atoms with van der Waals surface area (Å²) in [6, 6.07) is 7.12. The van der Waals surface area contributed by atoms with Crippen molar-refractivity contribution in [2.45, 2.75) is 64.7 Å². The number of nitrogens with zero attached hydrogens (tertiary/aromatic N) is 3. The molecule has 0 N–H and O–H groups in total. The van der Waals surface area contributed by atoms with Gasteiger partial charge in [0.05, 0.1) is 16.4 Å². The molecule has 1 aromatic heterocycles. The highest BCUT2D eigenvalue weighted by atomic mass is 35.5. The Morgan fingerprint density at radius 1 is 1.10 bits per heavy atom. The number of carbonyl (C=O) groups is 2. The predicted octanol–water partition coefficient (Wildman–Crippen LogP) is 6.19. The first-order valence-electron chi connectivity index (χ1n) is 9.55. The molecule has 0 bridgehead atoms. The quantitative estimate of drug-likeness (QED) is 0.301. The van der Waals surface area contributed by atoms with Gasteiger partial charge < -0.3 is 9.47 Å². The van der Waals surface area contributed by atoms with Gasteiger partial charge in [0, 0.05) is 0 Å². The van der Waals surface area contributed by atoms with Gasteiger partial charge in [-0.05, 0) is 66.9 Å². The minimum absolute atomic E-state index is 0.318. The van der Waals surface area contributed by atoms with E-state index in [1.807, 2.05) is 66.9 Å². The lowest BCUT2D eigenvalue weighted by Gasteiger charge is -2.29. The highest BCUT2D eigenvalue weighted by molar-refractivity contribution is 7.98. The van der Waals surface area contributed by atoms with Crippen LogP contribution in [0, 0.1) is 6.92 Å². The Bertz CT molecular complexity index is 895. The molecule has 0 aliphatic rings. The number of aryl methyl sites for hydroxylation is 1. The van der Waals surface area contributed by atoms with Crippen molar-refractivity contribution in [1.29, 1.82) is 0 Å². The van der Waals surface area contributed by atoms with Crippen molar-refractivity contribution in [1.82, 2.24) is 9.97 Å². The number of rotatable bonds is 4. The van der Waals surface area contributed by atoms with Gasteiger partial charge in [-0.3, -0.25) is 4.79 Å². The third kappa shape index (κ3) is 8.75. The summed E-state index contributed by atoms with van der Waals surface area (Å²) in [5.74, 6) is 0. The molecule has 2 rings (SSSR count). The number of halogens is 1. The van der Waals surface area contributed by atoms with Gasteiger partial charge in [-0.2, -0.15) is 0 Å². The molecule has 0 atom stereocenters. The van der Waals surface area contributed by atoms with E-state index in [-0.39, 0.29) is 5.60 Å². The monoisotopic (exact) mass is 467 g/mol. The first kappa shape index (κ1) is 26.7. The van der Waals surface area contributed by atoms with E-state index in [1.54, 1.807) is 12.1 Å². The maximum absolute atomic E-state index is 12.9. The smallest absolute Gasteiger partial charge is 0.419 e. The van der Waals surface area contributed by atoms with Crippen LogP contribution >= 0.6 is 23.4 Å². The Morgan fingerprint density at radius 3 is 2.16 bits per heavy atom. The van der Waals surface area contributed by atoms with E-state index in [4.69, 9.17) is 16.3 Å². The van der Waals surface area contributed by atoms with Crippen LogP contribution < -0.4 is 4.90 Å². The highest BCUT2D eigenvalue weighted by Gasteiger charge is 2.30. The van der Waals surface area contributed by atoms with Crippen molar-refractivity contribution in [3.05, 3.63) is 41.3 Å². The van der Waals surface area contributed by atoms with Crippen LogP contribution in [0.4, 0.5) is 16.2 Å². The van der Waals surface area contributed by atoms with Crippen LogP contribution in [0.2, 0.25) is 5.02 Å². The minimum Gasteiger partial charge on any atom is -0.462 e. The summed E-state index contributed by atoms with van der Waals surface area (Å²) in [7, 11) is 0. The zero-order valence-corrected chi connectivity index (χ0v) is 20.8. The number of hydrogen-bond donors (Lipinski definition) is 0. The van der Waals surface area contributed by atoms with E-state index < -0.39 is 11.7 Å². The molecule has 0 aliphatic heterocycles. The van der Waals surface area contributed by atoms with E-state index in [9.17, 15) is 9.59 Å². The van der Waals surface area contributed by atoms with Crippen LogP contribution in [-0.4, -0.2) is 40.0 Å². The topological polar surface area (TPSA) is 81.6 Å². The van der Waals surface area contributed by atoms with Gasteiger partial charge in [0.25, 0.3) is 6.47 Å². The molecule has 2 aromatic rings. The van der Waals surface area contributed by atoms with Crippen molar-refractivity contribution in [2.24, 2.45) is 0 Å². The molecular weight excluding hydrogens is 438 g/mol. The van der Waals surface area contributed by atoms with Gasteiger partial charge in [-0.25, -0.2) is 19.7 Å². The number of amides is 1. The molecule has 0 spiro atoms. The second-order valence-electron chi connectivity index (χ2n) is 8.41. The summed E-state index contributed by atoms with van der Waals surface area (Å²) in [5.41, 5.74) is 0.815. The second-order valence-corrected chi connectivity index (χ2v) is 9.61. The molecule has 1 amide bonds. The molecule has 0 saturated heterocycles. The molecule has 0 fully saturated rings. The lowest BCUT2D eigenvalue weighted by molar-refractivity contribution is -0.138. The molecule has 170 valence electrons. The lowest BCUT2D eigenvalue weighted by atomic mass is 10.2. The normalized spacial score (nSPS) is 11.1. The fraction of sp³-hybridized carbons (Fsp3) is 0.455. The summed E-state index contributed by atoms with van der Waals surface area (Å²) in [6.07, 6.45) is 2.85. The Balaban J connectivity index is 0.000000592. The van der Waals surface area contributed by atoms with Gasteiger partial charge >= 0.3 is 6.09 Å². The first-order valence-corrected chi connectivity index (χ1v) is 11.2. The number of benzene rings is 1. The van der Waals surface area contributed by atoms with Crippen LogP contribution in [0.1, 0.15) is 47.2 Å². The molecule has 7 nitrogen and oxygen atoms in total. The van der Waals surface area contributed by atoms with Crippen molar-refractivity contribution < 1.29 is 19.1 Å². The zero-order valence-electron chi connectivity index (χ0n) is 19.2. The van der Waals surface area contributed by atoms with Crippen LogP contribution in [0.15, 0.2) is 35.6 Å². The van der Waals surface area contributed by atoms with Crippen LogP contribution in [-0.2, 0) is 14.3 Å². The molecular formula is C22H30ClN3O4S. The maximum Gasteiger partial charge on any atom is 0.419 e. The molecule has 1 aromatic carbocycles. The summed E-state index contributed by atoms with van der Waals surface area (Å²) in [4.78, 5) is 32.4. The van der Waals surface area contributed by atoms with Gasteiger partial charge in [0.15, 0.2) is 0 Å². The number of anilines is 2. The van der Waals surface area contributed by atoms with E-state index in [0.717, 1.165) is 0 Å². The fourth-order valence-corrected chi connectivity index (χ4v) is 3.05. The SMILES string of the molecule is CC(C)(C)OC=O.CSc1ncnc(C)c1N(C(=O)OC(C)(C)C)c1ccccc1Cl. The van der Waals surface area contributed by atoms with Crippen molar-refractivity contribution in [2.75, 3.05) is 11.2 Å². The number of hydrogen-bond acceptors (Lipinski definition) is 7. The summed E-state index contributed by atoms with van der Waals surface area (Å²) in [6.45, 7) is 13.2. The number of aromatic nitrogens is 2. The van der Waals surface area contributed by atoms with Gasteiger partial charge in [-0.15, -0.1) is 11.8 Å². The Hall–Kier alpha value is -2.32. The molecule has 31 heavy (non-hydrogen) atoms. The minimum atomic E-state index is -0.639. The Morgan fingerprint density at radius 2 is 1.71 bits per heavy atom. The van der Waals surface area contributed by atoms with Gasteiger partial charge in [0.1, 0.15) is 28.2 Å². The molecule has 0 unspecified atom stereocenters. The average molecular weight is 468 g/mol. The third-order valence-electron chi connectivity index (χ3n) is 3.46. The van der Waals surface area contributed by atoms with E-state index in [0.29, 0.717) is 33.6 Å². The maximum atomic E-state index is 12.9. The van der Waals surface area contributed by atoms with Crippen molar-refractivity contribution in [3.63, 3.8) is 0 Å². The van der Waals surface area contributed by atoms with Gasteiger partial charge in [0.2, 0.25) is 0 Å². The predicted molar refractivity (Wildman–Crippen MR) is 125 cm³/mol. The van der Waals surface area contributed by atoms with Crippen molar-refractivity contribution in [3.8, 4) is 0 Å². The highest BCUT2D eigenvalue weighted by Crippen LogP contribution is 2.38. The number of ether oxygens (including phenoxy) is 2. The molecule has 0 radical (unpaired) electrons. The molecule has 0 saturated carbocycles. The van der Waals surface area contributed by atoms with E-state index in [2.05, 4.69) is 14.7 Å². The largest absolute Gasteiger partial charge is 0.462 e. The Kier molecular flexibility index (Phi) is 9.77. The number of thioether (sulfide) groups is 1. The van der Waals surface area contributed by atoms with E-state index in [1.165, 1.54) is 23.0 Å². The van der Waals surface area contributed by atoms with Gasteiger partial charge in [-0.1, -0.05) is 23.7 Å². The van der Waals surface area contributed by atoms with Crippen LogP contribution in [0.5, 0.6) is 0 Å². The molecule has 1 heterocycles. The van der Waals surface area contributed by atoms with Crippen molar-refractivity contribution >= 4 is 47.3 Å². The number of para-hydroxylation sites is 1. The third-order valence-corrected chi connectivity index (χ3v) is 4.46. The van der Waals surface area contributed by atoms with Crippen LogP contribution in [0.3, 0.4) is 0 Å². The molecule has 9 heteroatoms.